The summed E-state index contributed by atoms with van der Waals surface area (Å²) in [5, 5.41) is 8.51. The normalized spacial score (nSPS) is 10.9. The van der Waals surface area contributed by atoms with Gasteiger partial charge in [0.1, 0.15) is 11.6 Å². The average molecular weight is 430 g/mol. The van der Waals surface area contributed by atoms with Gasteiger partial charge in [0.25, 0.3) is 5.91 Å². The fraction of sp³-hybridized carbons (Fsp3) is 0.0500. The molecule has 2 heterocycles. The maximum absolute atomic E-state index is 13.7. The Bertz CT molecular complexity index is 1180. The van der Waals surface area contributed by atoms with E-state index in [-0.39, 0.29) is 17.3 Å². The Morgan fingerprint density at radius 2 is 1.93 bits per heavy atom. The Hall–Kier alpha value is -3.66. The van der Waals surface area contributed by atoms with E-state index in [1.165, 1.54) is 52.4 Å². The molecule has 0 saturated heterocycles. The lowest BCUT2D eigenvalue weighted by Crippen LogP contribution is -2.15. The van der Waals surface area contributed by atoms with Gasteiger partial charge in [-0.05, 0) is 41.8 Å². The molecule has 0 spiro atoms. The van der Waals surface area contributed by atoms with Gasteiger partial charge in [-0.3, -0.25) is 4.79 Å². The molecule has 0 aliphatic heterocycles. The van der Waals surface area contributed by atoms with E-state index in [0.29, 0.717) is 16.4 Å². The predicted octanol–water partition coefficient (Wildman–Crippen LogP) is 4.99. The summed E-state index contributed by atoms with van der Waals surface area (Å²) in [6.07, 6.45) is 0. The lowest BCUT2D eigenvalue weighted by molar-refractivity contribution is -0.0493. The average Bonchev–Trinajstić information content (AvgIpc) is 3.39. The SMILES string of the molecule is O=C(Nc1ccccc1OC(F)F)c1nc(-c2cccs2)n(-c2cccc(F)c2)n1. The Labute approximate surface area is 172 Å². The van der Waals surface area contributed by atoms with Crippen LogP contribution in [0.5, 0.6) is 5.75 Å². The number of aromatic nitrogens is 3. The van der Waals surface area contributed by atoms with Crippen LogP contribution in [0.25, 0.3) is 16.4 Å². The summed E-state index contributed by atoms with van der Waals surface area (Å²) in [5.41, 5.74) is 0.425. The number of carbonyl (C=O) groups is 1. The number of hydrogen-bond acceptors (Lipinski definition) is 5. The molecule has 0 radical (unpaired) electrons. The van der Waals surface area contributed by atoms with E-state index in [1.807, 2.05) is 11.4 Å². The summed E-state index contributed by atoms with van der Waals surface area (Å²) in [4.78, 5) is 17.7. The van der Waals surface area contributed by atoms with Gasteiger partial charge in [-0.1, -0.05) is 24.3 Å². The van der Waals surface area contributed by atoms with Gasteiger partial charge in [0, 0.05) is 0 Å². The summed E-state index contributed by atoms with van der Waals surface area (Å²) < 4.78 is 44.7. The molecule has 0 aliphatic carbocycles. The number of alkyl halides is 2. The number of ether oxygens (including phenoxy) is 1. The van der Waals surface area contributed by atoms with Crippen LogP contribution in [-0.2, 0) is 0 Å². The highest BCUT2D eigenvalue weighted by molar-refractivity contribution is 7.13. The first kappa shape index (κ1) is 19.6. The highest BCUT2D eigenvalue weighted by atomic mass is 32.1. The van der Waals surface area contributed by atoms with Crippen LogP contribution >= 0.6 is 11.3 Å². The van der Waals surface area contributed by atoms with E-state index in [2.05, 4.69) is 20.1 Å². The lowest BCUT2D eigenvalue weighted by Gasteiger charge is -2.10. The molecular formula is C20H13F3N4O2S. The van der Waals surface area contributed by atoms with Crippen molar-refractivity contribution in [3.05, 3.63) is 77.7 Å². The van der Waals surface area contributed by atoms with Crippen molar-refractivity contribution in [3.63, 3.8) is 0 Å². The number of nitrogens with one attached hydrogen (secondary N) is 1. The maximum Gasteiger partial charge on any atom is 0.387 e. The van der Waals surface area contributed by atoms with Crippen LogP contribution in [0.3, 0.4) is 0 Å². The molecule has 1 amide bonds. The molecule has 0 bridgehead atoms. The van der Waals surface area contributed by atoms with E-state index < -0.39 is 18.3 Å². The van der Waals surface area contributed by atoms with Crippen LogP contribution in [-0.4, -0.2) is 27.3 Å². The Kier molecular flexibility index (Phi) is 5.48. The van der Waals surface area contributed by atoms with Gasteiger partial charge in [-0.25, -0.2) is 14.1 Å². The first-order valence-corrected chi connectivity index (χ1v) is 9.51. The van der Waals surface area contributed by atoms with E-state index >= 15 is 0 Å². The molecule has 0 saturated carbocycles. The quantitative estimate of drug-likeness (QED) is 0.468. The Morgan fingerprint density at radius 3 is 2.67 bits per heavy atom. The lowest BCUT2D eigenvalue weighted by atomic mass is 10.3. The van der Waals surface area contributed by atoms with Gasteiger partial charge in [-0.15, -0.1) is 16.4 Å². The van der Waals surface area contributed by atoms with Crippen molar-refractivity contribution < 1.29 is 22.7 Å². The van der Waals surface area contributed by atoms with Crippen molar-refractivity contribution in [2.45, 2.75) is 6.61 Å². The van der Waals surface area contributed by atoms with Crippen LogP contribution in [0.15, 0.2) is 66.0 Å². The van der Waals surface area contributed by atoms with E-state index in [1.54, 1.807) is 18.2 Å². The Balaban J connectivity index is 1.70. The predicted molar refractivity (Wildman–Crippen MR) is 106 cm³/mol. The molecule has 0 aliphatic rings. The minimum atomic E-state index is -3.04. The van der Waals surface area contributed by atoms with Crippen LogP contribution < -0.4 is 10.1 Å². The highest BCUT2D eigenvalue weighted by Gasteiger charge is 2.21. The van der Waals surface area contributed by atoms with Gasteiger partial charge in [-0.2, -0.15) is 8.78 Å². The number of para-hydroxylation sites is 2. The first-order valence-electron chi connectivity index (χ1n) is 8.63. The van der Waals surface area contributed by atoms with Gasteiger partial charge < -0.3 is 10.1 Å². The number of anilines is 1. The third-order valence-electron chi connectivity index (χ3n) is 3.96. The number of halogens is 3. The van der Waals surface area contributed by atoms with Crippen molar-refractivity contribution in [3.8, 4) is 22.1 Å². The second-order valence-electron chi connectivity index (χ2n) is 5.96. The number of rotatable bonds is 6. The zero-order chi connectivity index (χ0) is 21.1. The molecule has 6 nitrogen and oxygen atoms in total. The summed E-state index contributed by atoms with van der Waals surface area (Å²) in [6.45, 7) is -3.04. The fourth-order valence-electron chi connectivity index (χ4n) is 2.71. The summed E-state index contributed by atoms with van der Waals surface area (Å²) in [6, 6.07) is 15.1. The maximum atomic E-state index is 13.7. The second kappa shape index (κ2) is 8.37. The molecule has 4 aromatic rings. The molecular weight excluding hydrogens is 417 g/mol. The number of hydrogen-bond donors (Lipinski definition) is 1. The largest absolute Gasteiger partial charge is 0.433 e. The molecule has 2 aromatic heterocycles. The minimum absolute atomic E-state index is 0.0441. The third kappa shape index (κ3) is 4.18. The van der Waals surface area contributed by atoms with Crippen LogP contribution in [0.4, 0.5) is 18.9 Å². The molecule has 152 valence electrons. The van der Waals surface area contributed by atoms with Crippen molar-refractivity contribution in [1.82, 2.24) is 14.8 Å². The highest BCUT2D eigenvalue weighted by Crippen LogP contribution is 2.28. The Morgan fingerprint density at radius 1 is 1.10 bits per heavy atom. The summed E-state index contributed by atoms with van der Waals surface area (Å²) >= 11 is 1.38. The van der Waals surface area contributed by atoms with E-state index in [9.17, 15) is 18.0 Å². The molecule has 30 heavy (non-hydrogen) atoms. The van der Waals surface area contributed by atoms with Gasteiger partial charge in [0.2, 0.25) is 5.82 Å². The van der Waals surface area contributed by atoms with Crippen LogP contribution in [0.2, 0.25) is 0 Å². The zero-order valence-corrected chi connectivity index (χ0v) is 15.9. The first-order chi connectivity index (χ1) is 14.5. The molecule has 1 N–H and O–H groups in total. The second-order valence-corrected chi connectivity index (χ2v) is 6.90. The molecule has 0 atom stereocenters. The summed E-state index contributed by atoms with van der Waals surface area (Å²) in [5.74, 6) is -1.26. The van der Waals surface area contributed by atoms with Crippen LogP contribution in [0.1, 0.15) is 10.6 Å². The summed E-state index contributed by atoms with van der Waals surface area (Å²) in [7, 11) is 0. The number of carbonyl (C=O) groups excluding carboxylic acids is 1. The number of thiophene rings is 1. The molecule has 0 unspecified atom stereocenters. The van der Waals surface area contributed by atoms with Crippen molar-refractivity contribution in [2.75, 3.05) is 5.32 Å². The van der Waals surface area contributed by atoms with Gasteiger partial charge in [0.15, 0.2) is 5.82 Å². The van der Waals surface area contributed by atoms with E-state index in [0.717, 1.165) is 0 Å². The van der Waals surface area contributed by atoms with Crippen molar-refractivity contribution in [1.29, 1.82) is 0 Å². The van der Waals surface area contributed by atoms with Crippen molar-refractivity contribution in [2.24, 2.45) is 0 Å². The molecule has 4 rings (SSSR count). The fourth-order valence-corrected chi connectivity index (χ4v) is 3.41. The molecule has 10 heteroatoms. The van der Waals surface area contributed by atoms with Crippen molar-refractivity contribution >= 4 is 22.9 Å². The smallest absolute Gasteiger partial charge is 0.387 e. The van der Waals surface area contributed by atoms with Gasteiger partial charge >= 0.3 is 6.61 Å². The standard InChI is InChI=1S/C20H13F3N4O2S/c21-12-5-3-6-13(11-12)27-18(16-9-4-10-30-16)25-17(26-27)19(28)24-14-7-1-2-8-15(14)29-20(22)23/h1-11,20H,(H,24,28). The number of nitrogens with zero attached hydrogens (tertiary/aromatic N) is 3. The number of benzene rings is 2. The monoisotopic (exact) mass is 430 g/mol. The van der Waals surface area contributed by atoms with Crippen LogP contribution in [0, 0.1) is 5.82 Å². The van der Waals surface area contributed by atoms with E-state index in [4.69, 9.17) is 0 Å². The van der Waals surface area contributed by atoms with Gasteiger partial charge in [0.05, 0.1) is 16.3 Å². The minimum Gasteiger partial charge on any atom is -0.433 e. The molecule has 0 fully saturated rings. The third-order valence-corrected chi connectivity index (χ3v) is 4.82. The zero-order valence-electron chi connectivity index (χ0n) is 15.1. The topological polar surface area (TPSA) is 69.0 Å². The molecule has 2 aromatic carbocycles. The number of amides is 1.